The SMILES string of the molecule is CCCS(=O)(=O)O.CN(C)c1ccccc1. The van der Waals surface area contributed by atoms with Gasteiger partial charge in [-0.3, -0.25) is 4.55 Å². The summed E-state index contributed by atoms with van der Waals surface area (Å²) in [6.07, 6.45) is 0.471. The Morgan fingerprint density at radius 1 is 1.19 bits per heavy atom. The second-order valence-electron chi connectivity index (χ2n) is 3.52. The van der Waals surface area contributed by atoms with E-state index >= 15 is 0 Å². The van der Waals surface area contributed by atoms with E-state index in [0.29, 0.717) is 6.42 Å². The zero-order valence-electron chi connectivity index (χ0n) is 9.92. The molecular formula is C11H19NO3S. The molecule has 0 saturated heterocycles. The van der Waals surface area contributed by atoms with Gasteiger partial charge in [0.2, 0.25) is 0 Å². The zero-order valence-corrected chi connectivity index (χ0v) is 10.7. The van der Waals surface area contributed by atoms with Crippen LogP contribution in [0, 0.1) is 0 Å². The van der Waals surface area contributed by atoms with E-state index < -0.39 is 10.1 Å². The zero-order chi connectivity index (χ0) is 12.6. The quantitative estimate of drug-likeness (QED) is 0.828. The van der Waals surface area contributed by atoms with Gasteiger partial charge in [0.1, 0.15) is 0 Å². The van der Waals surface area contributed by atoms with Crippen molar-refractivity contribution in [1.29, 1.82) is 0 Å². The summed E-state index contributed by atoms with van der Waals surface area (Å²) in [6.45, 7) is 1.69. The molecule has 92 valence electrons. The van der Waals surface area contributed by atoms with Crippen LogP contribution in [0.15, 0.2) is 30.3 Å². The first-order valence-corrected chi connectivity index (χ1v) is 6.65. The minimum atomic E-state index is -3.67. The number of rotatable bonds is 3. The maximum atomic E-state index is 9.79. The van der Waals surface area contributed by atoms with Crippen LogP contribution in [0.2, 0.25) is 0 Å². The average molecular weight is 245 g/mol. The van der Waals surface area contributed by atoms with Crippen molar-refractivity contribution in [3.63, 3.8) is 0 Å². The summed E-state index contributed by atoms with van der Waals surface area (Å²) in [4.78, 5) is 2.08. The Bertz CT molecular complexity index is 373. The van der Waals surface area contributed by atoms with Crippen molar-refractivity contribution in [2.24, 2.45) is 0 Å². The van der Waals surface area contributed by atoms with Crippen molar-refractivity contribution in [2.45, 2.75) is 13.3 Å². The van der Waals surface area contributed by atoms with Crippen molar-refractivity contribution in [1.82, 2.24) is 0 Å². The molecule has 16 heavy (non-hydrogen) atoms. The van der Waals surface area contributed by atoms with Gasteiger partial charge in [0.05, 0.1) is 5.75 Å². The maximum absolute atomic E-state index is 9.79. The van der Waals surface area contributed by atoms with Gasteiger partial charge in [0, 0.05) is 19.8 Å². The van der Waals surface area contributed by atoms with E-state index in [0.717, 1.165) is 0 Å². The molecule has 1 rings (SSSR count). The van der Waals surface area contributed by atoms with E-state index in [-0.39, 0.29) is 5.75 Å². The first kappa shape index (κ1) is 14.9. The summed E-state index contributed by atoms with van der Waals surface area (Å²) in [5.41, 5.74) is 1.25. The first-order chi connectivity index (χ1) is 7.37. The fourth-order valence-electron chi connectivity index (χ4n) is 0.984. The molecule has 1 N–H and O–H groups in total. The lowest BCUT2D eigenvalue weighted by molar-refractivity contribution is 0.482. The Morgan fingerprint density at radius 3 is 1.88 bits per heavy atom. The van der Waals surface area contributed by atoms with Crippen LogP contribution in [0.3, 0.4) is 0 Å². The Kier molecular flexibility index (Phi) is 6.76. The molecule has 0 saturated carbocycles. The van der Waals surface area contributed by atoms with Crippen LogP contribution >= 0.6 is 0 Å². The number of hydrogen-bond acceptors (Lipinski definition) is 3. The van der Waals surface area contributed by atoms with Crippen molar-refractivity contribution < 1.29 is 13.0 Å². The minimum absolute atomic E-state index is 0.132. The molecule has 0 radical (unpaired) electrons. The molecule has 0 fully saturated rings. The van der Waals surface area contributed by atoms with Crippen LogP contribution < -0.4 is 4.90 Å². The van der Waals surface area contributed by atoms with E-state index in [1.54, 1.807) is 6.92 Å². The van der Waals surface area contributed by atoms with Gasteiger partial charge in [-0.15, -0.1) is 0 Å². The second kappa shape index (κ2) is 7.24. The summed E-state index contributed by atoms with van der Waals surface area (Å²) < 4.78 is 27.6. The largest absolute Gasteiger partial charge is 0.378 e. The molecule has 5 heteroatoms. The Labute approximate surface area is 97.7 Å². The Morgan fingerprint density at radius 2 is 1.69 bits per heavy atom. The number of benzene rings is 1. The van der Waals surface area contributed by atoms with Crippen molar-refractivity contribution in [3.05, 3.63) is 30.3 Å². The normalized spacial score (nSPS) is 10.2. The van der Waals surface area contributed by atoms with Gasteiger partial charge in [-0.2, -0.15) is 8.42 Å². The van der Waals surface area contributed by atoms with Crippen LogP contribution in [0.1, 0.15) is 13.3 Å². The van der Waals surface area contributed by atoms with Gasteiger partial charge in [0.15, 0.2) is 0 Å². The maximum Gasteiger partial charge on any atom is 0.264 e. The number of para-hydroxylation sites is 1. The van der Waals surface area contributed by atoms with Crippen molar-refractivity contribution in [2.75, 3.05) is 24.7 Å². The second-order valence-corrected chi connectivity index (χ2v) is 5.09. The number of anilines is 1. The molecule has 0 bridgehead atoms. The predicted octanol–water partition coefficient (Wildman–Crippen LogP) is 2.04. The third-order valence-corrected chi connectivity index (χ3v) is 2.66. The van der Waals surface area contributed by atoms with Gasteiger partial charge in [-0.25, -0.2) is 0 Å². The van der Waals surface area contributed by atoms with Crippen LogP contribution in [0.25, 0.3) is 0 Å². The highest BCUT2D eigenvalue weighted by Crippen LogP contribution is 2.07. The van der Waals surface area contributed by atoms with E-state index in [1.165, 1.54) is 5.69 Å². The van der Waals surface area contributed by atoms with Crippen molar-refractivity contribution >= 4 is 15.8 Å². The molecule has 1 aromatic rings. The molecule has 0 atom stereocenters. The fourth-order valence-corrected chi connectivity index (χ4v) is 1.50. The van der Waals surface area contributed by atoms with Gasteiger partial charge in [0.25, 0.3) is 10.1 Å². The van der Waals surface area contributed by atoms with E-state index in [2.05, 4.69) is 17.0 Å². The molecule has 4 nitrogen and oxygen atoms in total. The molecule has 0 unspecified atom stereocenters. The van der Waals surface area contributed by atoms with Crippen LogP contribution in [0.4, 0.5) is 5.69 Å². The van der Waals surface area contributed by atoms with E-state index in [9.17, 15) is 8.42 Å². The highest BCUT2D eigenvalue weighted by molar-refractivity contribution is 7.85. The molecule has 0 aliphatic carbocycles. The minimum Gasteiger partial charge on any atom is -0.378 e. The molecule has 0 heterocycles. The summed E-state index contributed by atoms with van der Waals surface area (Å²) in [5.74, 6) is -0.132. The summed E-state index contributed by atoms with van der Waals surface area (Å²) in [5, 5.41) is 0. The van der Waals surface area contributed by atoms with E-state index in [4.69, 9.17) is 4.55 Å². The van der Waals surface area contributed by atoms with Gasteiger partial charge >= 0.3 is 0 Å². The standard InChI is InChI=1S/C8H11N.C3H8O3S/c1-9(2)8-6-4-3-5-7-8;1-2-3-7(4,5)6/h3-7H,1-2H3;2-3H2,1H3,(H,4,5,6). The third kappa shape index (κ3) is 8.26. The smallest absolute Gasteiger partial charge is 0.264 e. The Hall–Kier alpha value is -1.07. The third-order valence-electron chi connectivity index (χ3n) is 1.73. The molecule has 0 aliphatic rings. The lowest BCUT2D eigenvalue weighted by atomic mass is 10.3. The topological polar surface area (TPSA) is 57.6 Å². The number of nitrogens with zero attached hydrogens (tertiary/aromatic N) is 1. The molecule has 1 aromatic carbocycles. The van der Waals surface area contributed by atoms with Gasteiger partial charge in [-0.05, 0) is 18.6 Å². The monoisotopic (exact) mass is 245 g/mol. The predicted molar refractivity (Wildman–Crippen MR) is 67.5 cm³/mol. The highest BCUT2D eigenvalue weighted by atomic mass is 32.2. The highest BCUT2D eigenvalue weighted by Gasteiger charge is 1.98. The Balaban J connectivity index is 0.000000293. The lowest BCUT2D eigenvalue weighted by Crippen LogP contribution is -2.07. The molecule has 0 amide bonds. The van der Waals surface area contributed by atoms with E-state index in [1.807, 2.05) is 32.3 Å². The summed E-state index contributed by atoms with van der Waals surface area (Å²) in [7, 11) is 0.400. The summed E-state index contributed by atoms with van der Waals surface area (Å²) in [6, 6.07) is 10.3. The van der Waals surface area contributed by atoms with Crippen LogP contribution in [-0.2, 0) is 10.1 Å². The first-order valence-electron chi connectivity index (χ1n) is 5.04. The molecule has 0 spiro atoms. The van der Waals surface area contributed by atoms with Gasteiger partial charge < -0.3 is 4.90 Å². The number of hydrogen-bond donors (Lipinski definition) is 1. The van der Waals surface area contributed by atoms with Crippen LogP contribution in [0.5, 0.6) is 0 Å². The molecule has 0 aliphatic heterocycles. The van der Waals surface area contributed by atoms with Gasteiger partial charge in [-0.1, -0.05) is 25.1 Å². The van der Waals surface area contributed by atoms with Crippen molar-refractivity contribution in [3.8, 4) is 0 Å². The lowest BCUT2D eigenvalue weighted by Gasteiger charge is -2.10. The fraction of sp³-hybridized carbons (Fsp3) is 0.455. The summed E-state index contributed by atoms with van der Waals surface area (Å²) >= 11 is 0. The molecule has 0 aromatic heterocycles. The average Bonchev–Trinajstić information content (AvgIpc) is 2.18. The molecular weight excluding hydrogens is 226 g/mol. The van der Waals surface area contributed by atoms with Crippen LogP contribution in [-0.4, -0.2) is 32.8 Å².